The maximum atomic E-state index is 4.05. The first-order valence-corrected chi connectivity index (χ1v) is 7.91. The first-order chi connectivity index (χ1) is 8.65. The van der Waals surface area contributed by atoms with Gasteiger partial charge in [-0.1, -0.05) is 29.8 Å². The molecule has 1 aromatic heterocycles. The SMILES string of the molecule is CCC(CC)(CBr)CN(C)CCc1ccncc1. The number of pyridine rings is 1. The molecule has 18 heavy (non-hydrogen) atoms. The van der Waals surface area contributed by atoms with E-state index in [2.05, 4.69) is 58.8 Å². The van der Waals surface area contributed by atoms with Gasteiger partial charge in [0.15, 0.2) is 0 Å². The summed E-state index contributed by atoms with van der Waals surface area (Å²) in [6, 6.07) is 4.20. The largest absolute Gasteiger partial charge is 0.305 e. The molecular weight excluding hydrogens is 288 g/mol. The molecule has 0 aliphatic rings. The Morgan fingerprint density at radius 2 is 1.83 bits per heavy atom. The minimum Gasteiger partial charge on any atom is -0.305 e. The summed E-state index contributed by atoms with van der Waals surface area (Å²) in [4.78, 5) is 6.50. The van der Waals surface area contributed by atoms with Crippen molar-refractivity contribution in [3.05, 3.63) is 30.1 Å². The van der Waals surface area contributed by atoms with Crippen LogP contribution in [0.25, 0.3) is 0 Å². The summed E-state index contributed by atoms with van der Waals surface area (Å²) in [6.45, 7) is 6.86. The van der Waals surface area contributed by atoms with E-state index in [1.54, 1.807) is 0 Å². The van der Waals surface area contributed by atoms with Gasteiger partial charge in [0, 0.05) is 30.8 Å². The van der Waals surface area contributed by atoms with Crippen LogP contribution in [-0.4, -0.2) is 35.4 Å². The van der Waals surface area contributed by atoms with E-state index in [-0.39, 0.29) is 0 Å². The monoisotopic (exact) mass is 312 g/mol. The topological polar surface area (TPSA) is 16.1 Å². The van der Waals surface area contributed by atoms with E-state index in [1.807, 2.05) is 12.4 Å². The van der Waals surface area contributed by atoms with Gasteiger partial charge in [0.2, 0.25) is 0 Å². The molecule has 0 radical (unpaired) electrons. The van der Waals surface area contributed by atoms with Crippen molar-refractivity contribution in [3.8, 4) is 0 Å². The summed E-state index contributed by atoms with van der Waals surface area (Å²) >= 11 is 3.68. The first kappa shape index (κ1) is 15.6. The van der Waals surface area contributed by atoms with Crippen LogP contribution in [-0.2, 0) is 6.42 Å². The second-order valence-corrected chi connectivity index (χ2v) is 5.74. The molecule has 0 aliphatic heterocycles. The third-order valence-electron chi connectivity index (χ3n) is 3.92. The van der Waals surface area contributed by atoms with Crippen LogP contribution < -0.4 is 0 Å². The Morgan fingerprint density at radius 3 is 2.33 bits per heavy atom. The molecule has 0 spiro atoms. The number of alkyl halides is 1. The fourth-order valence-corrected chi connectivity index (χ4v) is 3.20. The van der Waals surface area contributed by atoms with Crippen LogP contribution in [0.2, 0.25) is 0 Å². The van der Waals surface area contributed by atoms with E-state index in [9.17, 15) is 0 Å². The first-order valence-electron chi connectivity index (χ1n) is 6.79. The van der Waals surface area contributed by atoms with Crippen molar-refractivity contribution in [1.82, 2.24) is 9.88 Å². The minimum absolute atomic E-state index is 0.424. The Kier molecular flexibility index (Phi) is 6.87. The van der Waals surface area contributed by atoms with Gasteiger partial charge >= 0.3 is 0 Å². The molecule has 1 aromatic rings. The summed E-state index contributed by atoms with van der Waals surface area (Å²) in [5.74, 6) is 0. The number of hydrogen-bond donors (Lipinski definition) is 0. The highest BCUT2D eigenvalue weighted by molar-refractivity contribution is 9.09. The number of halogens is 1. The van der Waals surface area contributed by atoms with Crippen LogP contribution in [0, 0.1) is 5.41 Å². The molecule has 0 saturated carbocycles. The lowest BCUT2D eigenvalue weighted by molar-refractivity contribution is 0.186. The molecule has 0 bridgehead atoms. The molecule has 0 atom stereocenters. The van der Waals surface area contributed by atoms with Crippen molar-refractivity contribution in [2.45, 2.75) is 33.1 Å². The van der Waals surface area contributed by atoms with Gasteiger partial charge in [0.25, 0.3) is 0 Å². The molecule has 102 valence electrons. The number of nitrogens with zero attached hydrogens (tertiary/aromatic N) is 2. The van der Waals surface area contributed by atoms with Gasteiger partial charge in [-0.05, 0) is 49.4 Å². The molecule has 0 amide bonds. The van der Waals surface area contributed by atoms with Crippen LogP contribution in [0.1, 0.15) is 32.3 Å². The van der Waals surface area contributed by atoms with E-state index >= 15 is 0 Å². The predicted molar refractivity (Wildman–Crippen MR) is 82.2 cm³/mol. The second-order valence-electron chi connectivity index (χ2n) is 5.18. The van der Waals surface area contributed by atoms with Crippen molar-refractivity contribution in [2.24, 2.45) is 5.41 Å². The van der Waals surface area contributed by atoms with Gasteiger partial charge in [-0.2, -0.15) is 0 Å². The van der Waals surface area contributed by atoms with Gasteiger partial charge in [0.05, 0.1) is 0 Å². The van der Waals surface area contributed by atoms with Crippen molar-refractivity contribution >= 4 is 15.9 Å². The summed E-state index contributed by atoms with van der Waals surface area (Å²) in [5.41, 5.74) is 1.79. The van der Waals surface area contributed by atoms with Gasteiger partial charge < -0.3 is 4.90 Å². The fraction of sp³-hybridized carbons (Fsp3) is 0.667. The Labute approximate surface area is 120 Å². The number of likely N-dealkylation sites (N-methyl/N-ethyl adjacent to an activating group) is 1. The van der Waals surface area contributed by atoms with E-state index in [0.29, 0.717) is 5.41 Å². The van der Waals surface area contributed by atoms with Crippen LogP contribution in [0.5, 0.6) is 0 Å². The highest BCUT2D eigenvalue weighted by Crippen LogP contribution is 2.29. The lowest BCUT2D eigenvalue weighted by Crippen LogP contribution is -2.37. The quantitative estimate of drug-likeness (QED) is 0.679. The van der Waals surface area contributed by atoms with Gasteiger partial charge in [-0.25, -0.2) is 0 Å². The molecule has 1 heterocycles. The molecular formula is C15H25BrN2. The average molecular weight is 313 g/mol. The second kappa shape index (κ2) is 7.90. The highest BCUT2D eigenvalue weighted by atomic mass is 79.9. The number of hydrogen-bond acceptors (Lipinski definition) is 2. The summed E-state index contributed by atoms with van der Waals surface area (Å²) in [7, 11) is 2.23. The molecule has 2 nitrogen and oxygen atoms in total. The fourth-order valence-electron chi connectivity index (χ4n) is 2.23. The van der Waals surface area contributed by atoms with Crippen molar-refractivity contribution < 1.29 is 0 Å². The van der Waals surface area contributed by atoms with E-state index in [0.717, 1.165) is 24.8 Å². The summed E-state index contributed by atoms with van der Waals surface area (Å²) in [5, 5.41) is 1.09. The predicted octanol–water partition coefficient (Wildman–Crippen LogP) is 3.76. The standard InChI is InChI=1S/C15H25BrN2/c1-4-15(5-2,12-16)13-18(3)11-8-14-6-9-17-10-7-14/h6-7,9-10H,4-5,8,11-13H2,1-3H3. The van der Waals surface area contributed by atoms with Crippen molar-refractivity contribution in [2.75, 3.05) is 25.5 Å². The average Bonchev–Trinajstić information content (AvgIpc) is 2.44. The smallest absolute Gasteiger partial charge is 0.0270 e. The van der Waals surface area contributed by atoms with Crippen LogP contribution in [0.4, 0.5) is 0 Å². The number of rotatable bonds is 8. The summed E-state index contributed by atoms with van der Waals surface area (Å²) in [6.07, 6.45) is 7.31. The van der Waals surface area contributed by atoms with Crippen LogP contribution >= 0.6 is 15.9 Å². The Morgan fingerprint density at radius 1 is 1.22 bits per heavy atom. The molecule has 0 aromatic carbocycles. The molecule has 0 unspecified atom stereocenters. The van der Waals surface area contributed by atoms with E-state index < -0.39 is 0 Å². The molecule has 0 N–H and O–H groups in total. The Bertz CT molecular complexity index is 314. The van der Waals surface area contributed by atoms with Gasteiger partial charge in [-0.15, -0.1) is 0 Å². The lowest BCUT2D eigenvalue weighted by Gasteiger charge is -2.34. The molecule has 3 heteroatoms. The molecule has 0 fully saturated rings. The van der Waals surface area contributed by atoms with Crippen molar-refractivity contribution in [1.29, 1.82) is 0 Å². The zero-order valence-electron chi connectivity index (χ0n) is 11.8. The Balaban J connectivity index is 2.43. The molecule has 0 saturated heterocycles. The van der Waals surface area contributed by atoms with Crippen molar-refractivity contribution in [3.63, 3.8) is 0 Å². The van der Waals surface area contributed by atoms with Crippen LogP contribution in [0.3, 0.4) is 0 Å². The Hall–Kier alpha value is -0.410. The normalized spacial score (nSPS) is 12.1. The zero-order chi connectivity index (χ0) is 13.4. The molecule has 1 rings (SSSR count). The molecule has 0 aliphatic carbocycles. The number of aromatic nitrogens is 1. The van der Waals surface area contributed by atoms with E-state index in [1.165, 1.54) is 18.4 Å². The third kappa shape index (κ3) is 4.69. The maximum Gasteiger partial charge on any atom is 0.0270 e. The van der Waals surface area contributed by atoms with Crippen LogP contribution in [0.15, 0.2) is 24.5 Å². The van der Waals surface area contributed by atoms with Gasteiger partial charge in [0.1, 0.15) is 0 Å². The van der Waals surface area contributed by atoms with E-state index in [4.69, 9.17) is 0 Å². The summed E-state index contributed by atoms with van der Waals surface area (Å²) < 4.78 is 0. The highest BCUT2D eigenvalue weighted by Gasteiger charge is 2.26. The minimum atomic E-state index is 0.424. The zero-order valence-corrected chi connectivity index (χ0v) is 13.4. The third-order valence-corrected chi connectivity index (χ3v) is 5.11. The van der Waals surface area contributed by atoms with Gasteiger partial charge in [-0.3, -0.25) is 4.98 Å². The maximum absolute atomic E-state index is 4.05. The lowest BCUT2D eigenvalue weighted by atomic mass is 9.84.